The lowest BCUT2D eigenvalue weighted by Crippen LogP contribution is -2.49. The summed E-state index contributed by atoms with van der Waals surface area (Å²) >= 11 is 0. The smallest absolute Gasteiger partial charge is 0.293 e. The molecule has 0 aliphatic carbocycles. The van der Waals surface area contributed by atoms with Crippen molar-refractivity contribution in [1.82, 2.24) is 19.5 Å². The first-order valence-electron chi connectivity index (χ1n) is 8.89. The molecule has 0 amide bonds. The summed E-state index contributed by atoms with van der Waals surface area (Å²) in [5.74, 6) is 2.20. The number of aromatic nitrogens is 4. The monoisotopic (exact) mass is 357 g/mol. The molecule has 9 heteroatoms. The minimum absolute atomic E-state index is 0.0578. The van der Waals surface area contributed by atoms with Gasteiger partial charge < -0.3 is 24.0 Å². The molecule has 2 aliphatic rings. The predicted molar refractivity (Wildman–Crippen MR) is 99.0 cm³/mol. The third kappa shape index (κ3) is 3.34. The molecule has 0 unspecified atom stereocenters. The number of ether oxygens (including phenoxy) is 1. The molecular weight excluding hydrogens is 334 g/mol. The van der Waals surface area contributed by atoms with Crippen molar-refractivity contribution in [2.24, 2.45) is 7.05 Å². The van der Waals surface area contributed by atoms with Crippen LogP contribution in [0, 0.1) is 0 Å². The summed E-state index contributed by atoms with van der Waals surface area (Å²) in [5.41, 5.74) is -0.0578. The SMILES string of the molecule is Cn1ccnc(N2CCN(c3ccnc(N4CCOCC4)n3)CC2)c1=O. The second-order valence-electron chi connectivity index (χ2n) is 6.46. The van der Waals surface area contributed by atoms with Crippen molar-refractivity contribution >= 4 is 17.6 Å². The van der Waals surface area contributed by atoms with Gasteiger partial charge in [-0.05, 0) is 6.07 Å². The van der Waals surface area contributed by atoms with E-state index in [0.717, 1.165) is 51.0 Å². The van der Waals surface area contributed by atoms with Crippen molar-refractivity contribution < 1.29 is 4.74 Å². The molecule has 0 bridgehead atoms. The molecular formula is C17H23N7O2. The third-order valence-electron chi connectivity index (χ3n) is 4.82. The molecule has 0 aromatic carbocycles. The maximum atomic E-state index is 12.2. The van der Waals surface area contributed by atoms with Gasteiger partial charge in [-0.1, -0.05) is 0 Å². The molecule has 0 saturated carbocycles. The Labute approximate surface area is 151 Å². The maximum absolute atomic E-state index is 12.2. The number of aryl methyl sites for hydroxylation is 1. The quantitative estimate of drug-likeness (QED) is 0.743. The molecule has 2 aromatic heterocycles. The molecule has 2 saturated heterocycles. The topological polar surface area (TPSA) is 79.6 Å². The van der Waals surface area contributed by atoms with Gasteiger partial charge in [0.15, 0.2) is 5.82 Å². The lowest BCUT2D eigenvalue weighted by atomic mass is 10.3. The van der Waals surface area contributed by atoms with Crippen LogP contribution in [0.25, 0.3) is 0 Å². The van der Waals surface area contributed by atoms with E-state index in [-0.39, 0.29) is 5.56 Å². The Morgan fingerprint density at radius 1 is 0.923 bits per heavy atom. The number of morpholine rings is 1. The van der Waals surface area contributed by atoms with Crippen molar-refractivity contribution in [2.45, 2.75) is 0 Å². The van der Waals surface area contributed by atoms with Gasteiger partial charge in [0, 0.05) is 64.9 Å². The zero-order chi connectivity index (χ0) is 17.9. The fraction of sp³-hybridized carbons (Fsp3) is 0.529. The van der Waals surface area contributed by atoms with E-state index < -0.39 is 0 Å². The van der Waals surface area contributed by atoms with Gasteiger partial charge in [-0.2, -0.15) is 4.98 Å². The highest BCUT2D eigenvalue weighted by atomic mass is 16.5. The van der Waals surface area contributed by atoms with Crippen LogP contribution in [-0.2, 0) is 11.8 Å². The highest BCUT2D eigenvalue weighted by molar-refractivity contribution is 5.47. The zero-order valence-corrected chi connectivity index (χ0v) is 14.9. The second-order valence-corrected chi connectivity index (χ2v) is 6.46. The predicted octanol–water partition coefficient (Wildman–Crippen LogP) is -0.266. The van der Waals surface area contributed by atoms with Crippen molar-refractivity contribution in [2.75, 3.05) is 67.2 Å². The Bertz CT molecular complexity index is 811. The number of nitrogens with zero attached hydrogens (tertiary/aromatic N) is 7. The van der Waals surface area contributed by atoms with Gasteiger partial charge in [-0.3, -0.25) is 4.79 Å². The minimum Gasteiger partial charge on any atom is -0.378 e. The van der Waals surface area contributed by atoms with Crippen LogP contribution in [0.2, 0.25) is 0 Å². The Hall–Kier alpha value is -2.68. The van der Waals surface area contributed by atoms with Gasteiger partial charge >= 0.3 is 0 Å². The molecule has 4 rings (SSSR count). The first-order chi connectivity index (χ1) is 12.7. The van der Waals surface area contributed by atoms with Crippen LogP contribution in [0.5, 0.6) is 0 Å². The third-order valence-corrected chi connectivity index (χ3v) is 4.82. The van der Waals surface area contributed by atoms with E-state index in [9.17, 15) is 4.79 Å². The number of anilines is 3. The highest BCUT2D eigenvalue weighted by Crippen LogP contribution is 2.18. The van der Waals surface area contributed by atoms with Crippen LogP contribution < -0.4 is 20.3 Å². The van der Waals surface area contributed by atoms with Crippen LogP contribution in [0.15, 0.2) is 29.5 Å². The lowest BCUT2D eigenvalue weighted by Gasteiger charge is -2.36. The standard InChI is InChI=1S/C17H23N7O2/c1-21-5-4-18-15(16(21)25)23-8-6-22(7-9-23)14-2-3-19-17(20-14)24-10-12-26-13-11-24/h2-5H,6-13H2,1H3. The summed E-state index contributed by atoms with van der Waals surface area (Å²) < 4.78 is 6.96. The average molecular weight is 357 g/mol. The molecule has 2 fully saturated rings. The van der Waals surface area contributed by atoms with E-state index >= 15 is 0 Å². The summed E-state index contributed by atoms with van der Waals surface area (Å²) in [7, 11) is 1.75. The van der Waals surface area contributed by atoms with E-state index in [1.165, 1.54) is 0 Å². The summed E-state index contributed by atoms with van der Waals surface area (Å²) in [6.07, 6.45) is 5.16. The Balaban J connectivity index is 1.45. The molecule has 0 N–H and O–H groups in total. The summed E-state index contributed by atoms with van der Waals surface area (Å²) in [6.45, 7) is 6.13. The molecule has 26 heavy (non-hydrogen) atoms. The van der Waals surface area contributed by atoms with Crippen molar-refractivity contribution in [1.29, 1.82) is 0 Å². The van der Waals surface area contributed by atoms with Crippen LogP contribution in [0.3, 0.4) is 0 Å². The van der Waals surface area contributed by atoms with Gasteiger partial charge in [0.1, 0.15) is 5.82 Å². The van der Waals surface area contributed by atoms with Gasteiger partial charge in [0.2, 0.25) is 5.95 Å². The summed E-state index contributed by atoms with van der Waals surface area (Å²) in [4.78, 5) is 32.1. The van der Waals surface area contributed by atoms with Gasteiger partial charge in [0.05, 0.1) is 13.2 Å². The van der Waals surface area contributed by atoms with E-state index in [1.54, 1.807) is 24.0 Å². The molecule has 4 heterocycles. The molecule has 138 valence electrons. The average Bonchev–Trinajstić information content (AvgIpc) is 2.71. The van der Waals surface area contributed by atoms with E-state index in [0.29, 0.717) is 19.0 Å². The highest BCUT2D eigenvalue weighted by Gasteiger charge is 2.22. The van der Waals surface area contributed by atoms with Gasteiger partial charge in [-0.25, -0.2) is 9.97 Å². The molecule has 0 radical (unpaired) electrons. The second kappa shape index (κ2) is 7.28. The molecule has 9 nitrogen and oxygen atoms in total. The maximum Gasteiger partial charge on any atom is 0.293 e. The first kappa shape index (κ1) is 16.8. The fourth-order valence-corrected chi connectivity index (χ4v) is 3.28. The molecule has 0 atom stereocenters. The number of piperazine rings is 1. The van der Waals surface area contributed by atoms with Crippen LogP contribution in [0.4, 0.5) is 17.6 Å². The van der Waals surface area contributed by atoms with Crippen LogP contribution in [0.1, 0.15) is 0 Å². The molecule has 0 spiro atoms. The first-order valence-corrected chi connectivity index (χ1v) is 8.89. The Morgan fingerprint density at radius 2 is 1.65 bits per heavy atom. The molecule has 2 aliphatic heterocycles. The summed E-state index contributed by atoms with van der Waals surface area (Å²) in [6, 6.07) is 1.94. The van der Waals surface area contributed by atoms with Crippen LogP contribution >= 0.6 is 0 Å². The largest absolute Gasteiger partial charge is 0.378 e. The Kier molecular flexibility index (Phi) is 4.70. The van der Waals surface area contributed by atoms with E-state index in [4.69, 9.17) is 9.72 Å². The fourth-order valence-electron chi connectivity index (χ4n) is 3.28. The van der Waals surface area contributed by atoms with Crippen LogP contribution in [-0.4, -0.2) is 72.0 Å². The number of rotatable bonds is 3. The normalized spacial score (nSPS) is 18.3. The van der Waals surface area contributed by atoms with Gasteiger partial charge in [0.25, 0.3) is 5.56 Å². The summed E-state index contributed by atoms with van der Waals surface area (Å²) in [5, 5.41) is 0. The Morgan fingerprint density at radius 3 is 2.42 bits per heavy atom. The van der Waals surface area contributed by atoms with Crippen molar-refractivity contribution in [3.63, 3.8) is 0 Å². The minimum atomic E-state index is -0.0578. The number of hydrogen-bond acceptors (Lipinski definition) is 8. The lowest BCUT2D eigenvalue weighted by molar-refractivity contribution is 0.122. The van der Waals surface area contributed by atoms with Gasteiger partial charge in [-0.15, -0.1) is 0 Å². The van der Waals surface area contributed by atoms with E-state index in [1.807, 2.05) is 17.2 Å². The van der Waals surface area contributed by atoms with E-state index in [2.05, 4.69) is 19.8 Å². The van der Waals surface area contributed by atoms with Crippen molar-refractivity contribution in [3.05, 3.63) is 35.0 Å². The van der Waals surface area contributed by atoms with Crippen molar-refractivity contribution in [3.8, 4) is 0 Å². The zero-order valence-electron chi connectivity index (χ0n) is 14.9. The molecule has 2 aromatic rings. The number of hydrogen-bond donors (Lipinski definition) is 0.